The lowest BCUT2D eigenvalue weighted by molar-refractivity contribution is -0.142. The van der Waals surface area contributed by atoms with E-state index < -0.39 is 22.7 Å². The van der Waals surface area contributed by atoms with Gasteiger partial charge in [0.25, 0.3) is 0 Å². The summed E-state index contributed by atoms with van der Waals surface area (Å²) < 4.78 is 4.83. The Balaban J connectivity index is 2.96. The Morgan fingerprint density at radius 3 is 2.73 bits per heavy atom. The van der Waals surface area contributed by atoms with Crippen LogP contribution in [0.2, 0.25) is 0 Å². The molecule has 0 aliphatic rings. The highest BCUT2D eigenvalue weighted by Crippen LogP contribution is 2.11. The number of carbonyl (C=O) groups is 1. The van der Waals surface area contributed by atoms with Gasteiger partial charge in [-0.1, -0.05) is 0 Å². The van der Waals surface area contributed by atoms with Gasteiger partial charge in [-0.25, -0.2) is 0 Å². The second kappa shape index (κ2) is 3.74. The van der Waals surface area contributed by atoms with Crippen molar-refractivity contribution in [3.05, 3.63) is 28.3 Å². The van der Waals surface area contributed by atoms with Crippen molar-refractivity contribution in [1.82, 2.24) is 0 Å². The van der Waals surface area contributed by atoms with Gasteiger partial charge in [0.2, 0.25) is 5.43 Å². The van der Waals surface area contributed by atoms with E-state index in [1.54, 1.807) is 0 Å². The fourth-order valence-corrected chi connectivity index (χ4v) is 0.974. The lowest BCUT2D eigenvalue weighted by Gasteiger charge is -2.17. The summed E-state index contributed by atoms with van der Waals surface area (Å²) in [6.45, 7) is 1.31. The maximum absolute atomic E-state index is 11.0. The van der Waals surface area contributed by atoms with E-state index in [1.165, 1.54) is 6.92 Å². The van der Waals surface area contributed by atoms with E-state index in [0.29, 0.717) is 0 Å². The monoisotopic (exact) mass is 213 g/mol. The summed E-state index contributed by atoms with van der Waals surface area (Å²) in [5.74, 6) is -1.60. The number of rotatable bonds is 3. The van der Waals surface area contributed by atoms with E-state index in [-0.39, 0.29) is 12.2 Å². The zero-order valence-electron chi connectivity index (χ0n) is 8.06. The molecule has 0 aliphatic carbocycles. The van der Waals surface area contributed by atoms with E-state index in [0.717, 1.165) is 12.3 Å². The van der Waals surface area contributed by atoms with Crippen LogP contribution in [0.1, 0.15) is 12.7 Å². The van der Waals surface area contributed by atoms with Gasteiger partial charge in [-0.3, -0.25) is 9.59 Å². The standard InChI is InChI=1S/C9H11NO5/c1-9(10,8(13)14)3-5-2-6(11)7(12)4-15-5/h2,4,12H,3,10H2,1H3,(H,13,14). The Kier molecular flexibility index (Phi) is 2.81. The van der Waals surface area contributed by atoms with Crippen LogP contribution in [-0.4, -0.2) is 21.7 Å². The first-order chi connectivity index (χ1) is 6.83. The summed E-state index contributed by atoms with van der Waals surface area (Å²) in [6, 6.07) is 1.02. The molecule has 0 fully saturated rings. The van der Waals surface area contributed by atoms with E-state index in [2.05, 4.69) is 0 Å². The molecular weight excluding hydrogens is 202 g/mol. The summed E-state index contributed by atoms with van der Waals surface area (Å²) >= 11 is 0. The van der Waals surface area contributed by atoms with E-state index in [1.807, 2.05) is 0 Å². The van der Waals surface area contributed by atoms with Crippen LogP contribution in [0.25, 0.3) is 0 Å². The maximum atomic E-state index is 11.0. The van der Waals surface area contributed by atoms with Crippen LogP contribution in [0.15, 0.2) is 21.5 Å². The number of hydrogen-bond donors (Lipinski definition) is 3. The number of nitrogens with two attached hydrogens (primary N) is 1. The smallest absolute Gasteiger partial charge is 0.323 e. The molecule has 1 atom stereocenters. The highest BCUT2D eigenvalue weighted by Gasteiger charge is 2.29. The summed E-state index contributed by atoms with van der Waals surface area (Å²) in [5, 5.41) is 17.6. The topological polar surface area (TPSA) is 114 Å². The second-order valence-corrected chi connectivity index (χ2v) is 3.50. The molecule has 6 nitrogen and oxygen atoms in total. The third kappa shape index (κ3) is 2.57. The number of aliphatic carboxylic acids is 1. The predicted molar refractivity (Wildman–Crippen MR) is 50.6 cm³/mol. The molecule has 1 unspecified atom stereocenters. The average molecular weight is 213 g/mol. The molecule has 0 aliphatic heterocycles. The van der Waals surface area contributed by atoms with Gasteiger partial charge in [0.1, 0.15) is 17.6 Å². The normalized spacial score (nSPS) is 14.5. The van der Waals surface area contributed by atoms with Crippen molar-refractivity contribution in [1.29, 1.82) is 0 Å². The zero-order chi connectivity index (χ0) is 11.6. The van der Waals surface area contributed by atoms with Crippen LogP contribution < -0.4 is 11.2 Å². The highest BCUT2D eigenvalue weighted by atomic mass is 16.4. The van der Waals surface area contributed by atoms with E-state index in [4.69, 9.17) is 20.4 Å². The molecule has 0 radical (unpaired) electrons. The molecule has 1 aromatic heterocycles. The number of aromatic hydroxyl groups is 1. The molecule has 6 heteroatoms. The van der Waals surface area contributed by atoms with Crippen molar-refractivity contribution in [2.75, 3.05) is 0 Å². The van der Waals surface area contributed by atoms with Crippen LogP contribution in [0.4, 0.5) is 0 Å². The van der Waals surface area contributed by atoms with Crippen molar-refractivity contribution in [2.45, 2.75) is 18.9 Å². The summed E-state index contributed by atoms with van der Waals surface area (Å²) in [7, 11) is 0. The largest absolute Gasteiger partial charge is 0.502 e. The van der Waals surface area contributed by atoms with Crippen molar-refractivity contribution in [2.24, 2.45) is 5.73 Å². The highest BCUT2D eigenvalue weighted by molar-refractivity contribution is 5.78. The van der Waals surface area contributed by atoms with Crippen molar-refractivity contribution < 1.29 is 19.4 Å². The molecule has 15 heavy (non-hydrogen) atoms. The van der Waals surface area contributed by atoms with Crippen molar-refractivity contribution in [3.63, 3.8) is 0 Å². The van der Waals surface area contributed by atoms with Crippen LogP contribution in [0.5, 0.6) is 5.75 Å². The molecule has 1 rings (SSSR count). The molecule has 0 bridgehead atoms. The maximum Gasteiger partial charge on any atom is 0.323 e. The predicted octanol–water partition coefficient (Wildman–Crippen LogP) is -0.310. The number of carboxylic acid groups (broad SMARTS) is 1. The summed E-state index contributed by atoms with van der Waals surface area (Å²) in [4.78, 5) is 21.7. The van der Waals surface area contributed by atoms with Gasteiger partial charge in [0.15, 0.2) is 5.75 Å². The molecular formula is C9H11NO5. The first kappa shape index (κ1) is 11.3. The Bertz CT molecular complexity index is 434. The molecule has 1 heterocycles. The molecule has 4 N–H and O–H groups in total. The van der Waals surface area contributed by atoms with Gasteiger partial charge in [0, 0.05) is 12.5 Å². The SMILES string of the molecule is CC(N)(Cc1cc(=O)c(O)co1)C(=O)O. The van der Waals surface area contributed by atoms with E-state index >= 15 is 0 Å². The van der Waals surface area contributed by atoms with Crippen molar-refractivity contribution in [3.8, 4) is 5.75 Å². The van der Waals surface area contributed by atoms with Gasteiger partial charge in [-0.2, -0.15) is 0 Å². The molecule has 0 saturated carbocycles. The molecule has 0 saturated heterocycles. The van der Waals surface area contributed by atoms with Crippen LogP contribution in [0.3, 0.4) is 0 Å². The zero-order valence-corrected chi connectivity index (χ0v) is 8.06. The van der Waals surface area contributed by atoms with Gasteiger partial charge in [-0.05, 0) is 6.92 Å². The van der Waals surface area contributed by atoms with Gasteiger partial charge in [0.05, 0.1) is 0 Å². The fraction of sp³-hybridized carbons (Fsp3) is 0.333. The van der Waals surface area contributed by atoms with Gasteiger partial charge < -0.3 is 20.4 Å². The summed E-state index contributed by atoms with van der Waals surface area (Å²) in [6.07, 6.45) is 0.730. The number of hydrogen-bond acceptors (Lipinski definition) is 5. The lowest BCUT2D eigenvalue weighted by atomic mass is 9.98. The quantitative estimate of drug-likeness (QED) is 0.634. The minimum Gasteiger partial charge on any atom is -0.502 e. The molecule has 0 amide bonds. The third-order valence-corrected chi connectivity index (χ3v) is 1.90. The van der Waals surface area contributed by atoms with Gasteiger partial charge >= 0.3 is 5.97 Å². The Hall–Kier alpha value is -1.82. The molecule has 0 spiro atoms. The fourth-order valence-electron chi connectivity index (χ4n) is 0.974. The molecule has 0 aromatic carbocycles. The Morgan fingerprint density at radius 1 is 1.67 bits per heavy atom. The average Bonchev–Trinajstić information content (AvgIpc) is 2.10. The lowest BCUT2D eigenvalue weighted by Crippen LogP contribution is -2.46. The molecule has 82 valence electrons. The van der Waals surface area contributed by atoms with Crippen LogP contribution >= 0.6 is 0 Å². The van der Waals surface area contributed by atoms with Gasteiger partial charge in [-0.15, -0.1) is 0 Å². The molecule has 1 aromatic rings. The second-order valence-electron chi connectivity index (χ2n) is 3.50. The Labute approximate surface area is 84.9 Å². The van der Waals surface area contributed by atoms with E-state index in [9.17, 15) is 9.59 Å². The van der Waals surface area contributed by atoms with Crippen LogP contribution in [-0.2, 0) is 11.2 Å². The Morgan fingerprint density at radius 2 is 2.27 bits per heavy atom. The minimum absolute atomic E-state index is 0.116. The van der Waals surface area contributed by atoms with Crippen molar-refractivity contribution >= 4 is 5.97 Å². The number of carboxylic acids is 1. The first-order valence-electron chi connectivity index (χ1n) is 4.16. The summed E-state index contributed by atoms with van der Waals surface area (Å²) in [5.41, 5.74) is 3.32. The first-order valence-corrected chi connectivity index (χ1v) is 4.16. The third-order valence-electron chi connectivity index (χ3n) is 1.90. The minimum atomic E-state index is -1.51. The van der Waals surface area contributed by atoms with Crippen LogP contribution in [0, 0.1) is 0 Å².